The van der Waals surface area contributed by atoms with Crippen LogP contribution in [-0.4, -0.2) is 32.1 Å². The molecule has 4 nitrogen and oxygen atoms in total. The highest BCUT2D eigenvalue weighted by atomic mass is 35.5. The Hall–Kier alpha value is -1.26. The summed E-state index contributed by atoms with van der Waals surface area (Å²) in [5, 5.41) is 6.51. The lowest BCUT2D eigenvalue weighted by atomic mass is 9.67. The molecular weight excluding hydrogens is 312 g/mol. The van der Waals surface area contributed by atoms with Crippen LogP contribution in [0.4, 0.5) is 0 Å². The van der Waals surface area contributed by atoms with Crippen LogP contribution in [0, 0.1) is 18.3 Å². The summed E-state index contributed by atoms with van der Waals surface area (Å²) in [4.78, 5) is 12.7. The average Bonchev–Trinajstić information content (AvgIpc) is 2.96. The molecule has 5 heteroatoms. The van der Waals surface area contributed by atoms with E-state index in [0.29, 0.717) is 19.1 Å². The summed E-state index contributed by atoms with van der Waals surface area (Å²) in [7, 11) is 0. The summed E-state index contributed by atoms with van der Waals surface area (Å²) in [6, 6.07) is 7.99. The first-order valence-electron chi connectivity index (χ1n) is 8.39. The second-order valence-corrected chi connectivity index (χ2v) is 6.65. The minimum atomic E-state index is -0.165. The van der Waals surface area contributed by atoms with Gasteiger partial charge in [0.05, 0.1) is 12.0 Å². The third kappa shape index (κ3) is 3.99. The van der Waals surface area contributed by atoms with Gasteiger partial charge < -0.3 is 15.4 Å². The Kier molecular flexibility index (Phi) is 6.31. The summed E-state index contributed by atoms with van der Waals surface area (Å²) >= 11 is 0. The van der Waals surface area contributed by atoms with Gasteiger partial charge in [0.1, 0.15) is 12.4 Å². The van der Waals surface area contributed by atoms with E-state index in [1.165, 1.54) is 24.8 Å². The molecule has 128 valence electrons. The maximum atomic E-state index is 12.7. The molecule has 1 saturated carbocycles. The minimum absolute atomic E-state index is 0. The van der Waals surface area contributed by atoms with Crippen molar-refractivity contribution in [3.8, 4) is 5.75 Å². The lowest BCUT2D eigenvalue weighted by molar-refractivity contribution is -0.134. The molecule has 1 amide bonds. The molecule has 1 aliphatic heterocycles. The van der Waals surface area contributed by atoms with Gasteiger partial charge in [-0.2, -0.15) is 0 Å². The molecule has 2 aliphatic rings. The zero-order chi connectivity index (χ0) is 15.4. The number of halogens is 1. The second kappa shape index (κ2) is 8.02. The van der Waals surface area contributed by atoms with E-state index in [-0.39, 0.29) is 23.7 Å². The number of carbonyl (C=O) groups excluding carboxylic acids is 1. The number of ether oxygens (including phenoxy) is 1. The predicted molar refractivity (Wildman–Crippen MR) is 94.2 cm³/mol. The Bertz CT molecular complexity index is 538. The summed E-state index contributed by atoms with van der Waals surface area (Å²) < 4.78 is 5.70. The maximum Gasteiger partial charge on any atom is 0.227 e. The lowest BCUT2D eigenvalue weighted by Gasteiger charge is -2.37. The van der Waals surface area contributed by atoms with Crippen molar-refractivity contribution in [1.82, 2.24) is 10.6 Å². The van der Waals surface area contributed by atoms with Crippen molar-refractivity contribution in [3.63, 3.8) is 0 Å². The van der Waals surface area contributed by atoms with Crippen molar-refractivity contribution in [2.75, 3.05) is 26.2 Å². The zero-order valence-electron chi connectivity index (χ0n) is 13.8. The lowest BCUT2D eigenvalue weighted by Crippen LogP contribution is -2.48. The van der Waals surface area contributed by atoms with Crippen molar-refractivity contribution >= 4 is 18.3 Å². The molecule has 2 N–H and O–H groups in total. The minimum Gasteiger partial charge on any atom is -0.492 e. The zero-order valence-corrected chi connectivity index (χ0v) is 14.6. The molecule has 1 aromatic carbocycles. The van der Waals surface area contributed by atoms with Crippen LogP contribution in [0.15, 0.2) is 24.3 Å². The first-order valence-corrected chi connectivity index (χ1v) is 8.39. The number of hydrogen-bond acceptors (Lipinski definition) is 3. The first kappa shape index (κ1) is 18.1. The molecule has 1 heterocycles. The number of benzene rings is 1. The topological polar surface area (TPSA) is 50.4 Å². The van der Waals surface area contributed by atoms with Gasteiger partial charge in [-0.3, -0.25) is 4.79 Å². The molecule has 2 fully saturated rings. The largest absolute Gasteiger partial charge is 0.492 e. The standard InChI is InChI=1S/C18H26N2O2.ClH/c1-14-5-4-7-16(11-14)22-10-9-20-17(21)18-8-3-2-6-15(18)12-19-13-18;/h4-5,7,11,15,19H,2-3,6,8-10,12-13H2,1H3,(H,20,21);1H/t15-,18+;/m0./s1. The van der Waals surface area contributed by atoms with Crippen LogP contribution in [0.2, 0.25) is 0 Å². The van der Waals surface area contributed by atoms with E-state index in [0.717, 1.165) is 25.3 Å². The molecular formula is C18H27ClN2O2. The van der Waals surface area contributed by atoms with Crippen molar-refractivity contribution in [1.29, 1.82) is 0 Å². The van der Waals surface area contributed by atoms with Crippen molar-refractivity contribution < 1.29 is 9.53 Å². The molecule has 2 atom stereocenters. The molecule has 23 heavy (non-hydrogen) atoms. The maximum absolute atomic E-state index is 12.7. The van der Waals surface area contributed by atoms with Crippen LogP contribution < -0.4 is 15.4 Å². The third-order valence-corrected chi connectivity index (χ3v) is 5.14. The molecule has 0 radical (unpaired) electrons. The molecule has 0 unspecified atom stereocenters. The van der Waals surface area contributed by atoms with E-state index in [1.807, 2.05) is 31.2 Å². The Morgan fingerprint density at radius 3 is 3.13 bits per heavy atom. The Morgan fingerprint density at radius 1 is 1.43 bits per heavy atom. The normalized spacial score (nSPS) is 26.0. The monoisotopic (exact) mass is 338 g/mol. The summed E-state index contributed by atoms with van der Waals surface area (Å²) in [6.45, 7) is 4.96. The summed E-state index contributed by atoms with van der Waals surface area (Å²) in [5.74, 6) is 1.60. The highest BCUT2D eigenvalue weighted by molar-refractivity contribution is 5.85. The second-order valence-electron chi connectivity index (χ2n) is 6.65. The van der Waals surface area contributed by atoms with Gasteiger partial charge in [-0.1, -0.05) is 25.0 Å². The molecule has 1 saturated heterocycles. The fourth-order valence-corrected chi connectivity index (χ4v) is 3.91. The predicted octanol–water partition coefficient (Wildman–Crippen LogP) is 2.69. The van der Waals surface area contributed by atoms with Gasteiger partial charge in [0, 0.05) is 6.54 Å². The van der Waals surface area contributed by atoms with Crippen molar-refractivity contribution in [2.45, 2.75) is 32.6 Å². The number of hydrogen-bond donors (Lipinski definition) is 2. The number of carbonyl (C=O) groups is 1. The SMILES string of the molecule is Cc1cccc(OCCNC(=O)[C@@]23CCCC[C@H]2CNC3)c1.Cl. The average molecular weight is 339 g/mol. The number of rotatable bonds is 5. The van der Waals surface area contributed by atoms with Gasteiger partial charge in [0.25, 0.3) is 0 Å². The van der Waals surface area contributed by atoms with E-state index in [2.05, 4.69) is 10.6 Å². The molecule has 0 bridgehead atoms. The van der Waals surface area contributed by atoms with Gasteiger partial charge in [-0.05, 0) is 49.9 Å². The van der Waals surface area contributed by atoms with Gasteiger partial charge in [0.2, 0.25) is 5.91 Å². The Morgan fingerprint density at radius 2 is 2.30 bits per heavy atom. The van der Waals surface area contributed by atoms with E-state index >= 15 is 0 Å². The van der Waals surface area contributed by atoms with Crippen LogP contribution in [-0.2, 0) is 4.79 Å². The first-order chi connectivity index (χ1) is 10.7. The van der Waals surface area contributed by atoms with E-state index in [4.69, 9.17) is 4.74 Å². The van der Waals surface area contributed by atoms with E-state index in [1.54, 1.807) is 0 Å². The quantitative estimate of drug-likeness (QED) is 0.812. The molecule has 1 aromatic rings. The Labute approximate surface area is 144 Å². The van der Waals surface area contributed by atoms with Crippen LogP contribution in [0.5, 0.6) is 5.75 Å². The summed E-state index contributed by atoms with van der Waals surface area (Å²) in [5.41, 5.74) is 1.02. The van der Waals surface area contributed by atoms with Crippen LogP contribution in [0.25, 0.3) is 0 Å². The fraction of sp³-hybridized carbons (Fsp3) is 0.611. The summed E-state index contributed by atoms with van der Waals surface area (Å²) in [6.07, 6.45) is 4.64. The smallest absolute Gasteiger partial charge is 0.227 e. The molecule has 0 aromatic heterocycles. The number of fused-ring (bicyclic) bond motifs is 1. The van der Waals surface area contributed by atoms with Crippen LogP contribution in [0.1, 0.15) is 31.2 Å². The number of nitrogens with one attached hydrogen (secondary N) is 2. The van der Waals surface area contributed by atoms with E-state index < -0.39 is 0 Å². The van der Waals surface area contributed by atoms with Gasteiger partial charge in [-0.25, -0.2) is 0 Å². The number of amides is 1. The van der Waals surface area contributed by atoms with Gasteiger partial charge in [0.15, 0.2) is 0 Å². The third-order valence-electron chi connectivity index (χ3n) is 5.14. The molecule has 3 rings (SSSR count). The van der Waals surface area contributed by atoms with Gasteiger partial charge in [-0.15, -0.1) is 12.4 Å². The fourth-order valence-electron chi connectivity index (χ4n) is 3.91. The molecule has 1 aliphatic carbocycles. The van der Waals surface area contributed by atoms with E-state index in [9.17, 15) is 4.79 Å². The number of aryl methyl sites for hydroxylation is 1. The highest BCUT2D eigenvalue weighted by Crippen LogP contribution is 2.43. The molecule has 0 spiro atoms. The van der Waals surface area contributed by atoms with Gasteiger partial charge >= 0.3 is 0 Å². The Balaban J connectivity index is 0.00000192. The highest BCUT2D eigenvalue weighted by Gasteiger charge is 2.49. The van der Waals surface area contributed by atoms with Crippen LogP contribution >= 0.6 is 12.4 Å². The van der Waals surface area contributed by atoms with Crippen molar-refractivity contribution in [3.05, 3.63) is 29.8 Å². The van der Waals surface area contributed by atoms with Crippen LogP contribution in [0.3, 0.4) is 0 Å². The van der Waals surface area contributed by atoms with Crippen molar-refractivity contribution in [2.24, 2.45) is 11.3 Å².